The van der Waals surface area contributed by atoms with Gasteiger partial charge in [-0.3, -0.25) is 0 Å². The van der Waals surface area contributed by atoms with E-state index in [1.54, 1.807) is 24.5 Å². The lowest BCUT2D eigenvalue weighted by Gasteiger charge is -2.05. The first-order valence-corrected chi connectivity index (χ1v) is 6.46. The normalized spacial score (nSPS) is 10.8. The van der Waals surface area contributed by atoms with E-state index in [9.17, 15) is 4.79 Å². The highest BCUT2D eigenvalue weighted by molar-refractivity contribution is 5.92. The number of carboxylic acid groups (broad SMARTS) is 1. The largest absolute Gasteiger partial charge is 0.478 e. The lowest BCUT2D eigenvalue weighted by atomic mass is 10.1. The minimum absolute atomic E-state index is 0.291. The van der Waals surface area contributed by atoms with Crippen LogP contribution in [0.3, 0.4) is 0 Å². The van der Waals surface area contributed by atoms with Crippen molar-refractivity contribution < 1.29 is 9.90 Å². The number of imidazole rings is 1. The first-order chi connectivity index (χ1) is 9.74. The number of carbonyl (C=O) groups is 1. The van der Waals surface area contributed by atoms with Gasteiger partial charge in [0.05, 0.1) is 22.9 Å². The molecule has 1 N–H and O–H groups in total. The molecule has 0 fully saturated rings. The van der Waals surface area contributed by atoms with Crippen molar-refractivity contribution in [3.05, 3.63) is 66.0 Å². The molecular weight excluding hydrogens is 252 g/mol. The predicted molar refractivity (Wildman–Crippen MR) is 76.8 cm³/mol. The van der Waals surface area contributed by atoms with Crippen LogP contribution >= 0.6 is 0 Å². The SMILES string of the molecule is O=C(O)c1ccc2ncn(CCc3ccccc3)c2c1. The van der Waals surface area contributed by atoms with Gasteiger partial charge in [0.2, 0.25) is 0 Å². The van der Waals surface area contributed by atoms with Crippen LogP contribution in [0.1, 0.15) is 15.9 Å². The van der Waals surface area contributed by atoms with Crippen molar-refractivity contribution in [2.75, 3.05) is 0 Å². The zero-order valence-electron chi connectivity index (χ0n) is 10.9. The molecule has 4 heteroatoms. The summed E-state index contributed by atoms with van der Waals surface area (Å²) in [5.74, 6) is -0.914. The van der Waals surface area contributed by atoms with E-state index in [4.69, 9.17) is 5.11 Å². The van der Waals surface area contributed by atoms with Gasteiger partial charge in [0.15, 0.2) is 0 Å². The molecule has 0 bridgehead atoms. The predicted octanol–water partition coefficient (Wildman–Crippen LogP) is 2.98. The Hall–Kier alpha value is -2.62. The molecule has 1 aromatic heterocycles. The molecule has 0 unspecified atom stereocenters. The molecular formula is C16H14N2O2. The Kier molecular flexibility index (Phi) is 3.21. The van der Waals surface area contributed by atoms with Gasteiger partial charge in [-0.15, -0.1) is 0 Å². The first-order valence-electron chi connectivity index (χ1n) is 6.46. The minimum atomic E-state index is -0.914. The zero-order valence-corrected chi connectivity index (χ0v) is 10.9. The van der Waals surface area contributed by atoms with Crippen molar-refractivity contribution in [1.82, 2.24) is 9.55 Å². The highest BCUT2D eigenvalue weighted by Crippen LogP contribution is 2.16. The first kappa shape index (κ1) is 12.4. The molecule has 2 aromatic carbocycles. The van der Waals surface area contributed by atoms with E-state index >= 15 is 0 Å². The number of aromatic nitrogens is 2. The number of carboxylic acids is 1. The number of hydrogen-bond acceptors (Lipinski definition) is 2. The number of benzene rings is 2. The number of aryl methyl sites for hydroxylation is 2. The maximum absolute atomic E-state index is 11.0. The van der Waals surface area contributed by atoms with Crippen molar-refractivity contribution in [3.8, 4) is 0 Å². The Morgan fingerprint density at radius 2 is 1.95 bits per heavy atom. The molecule has 0 atom stereocenters. The average Bonchev–Trinajstić information content (AvgIpc) is 2.88. The molecule has 0 amide bonds. The van der Waals surface area contributed by atoms with Crippen LogP contribution in [0.5, 0.6) is 0 Å². The topological polar surface area (TPSA) is 55.1 Å². The van der Waals surface area contributed by atoms with Gasteiger partial charge >= 0.3 is 5.97 Å². The summed E-state index contributed by atoms with van der Waals surface area (Å²) < 4.78 is 1.99. The van der Waals surface area contributed by atoms with Crippen LogP contribution in [0.4, 0.5) is 0 Å². The molecule has 1 heterocycles. The minimum Gasteiger partial charge on any atom is -0.478 e. The van der Waals surface area contributed by atoms with E-state index in [1.165, 1.54) is 5.56 Å². The number of nitrogens with zero attached hydrogens (tertiary/aromatic N) is 2. The van der Waals surface area contributed by atoms with Gasteiger partial charge in [-0.05, 0) is 30.2 Å². The van der Waals surface area contributed by atoms with Crippen molar-refractivity contribution in [2.24, 2.45) is 0 Å². The molecule has 20 heavy (non-hydrogen) atoms. The molecule has 3 rings (SSSR count). The van der Waals surface area contributed by atoms with E-state index in [1.807, 2.05) is 22.8 Å². The Morgan fingerprint density at radius 1 is 1.15 bits per heavy atom. The molecule has 0 aliphatic rings. The van der Waals surface area contributed by atoms with Crippen LogP contribution in [0.25, 0.3) is 11.0 Å². The highest BCUT2D eigenvalue weighted by Gasteiger charge is 2.07. The summed E-state index contributed by atoms with van der Waals surface area (Å²) in [6.07, 6.45) is 2.66. The quantitative estimate of drug-likeness (QED) is 0.789. The second-order valence-corrected chi connectivity index (χ2v) is 4.68. The Bertz CT molecular complexity index is 748. The van der Waals surface area contributed by atoms with Crippen LogP contribution in [-0.4, -0.2) is 20.6 Å². The summed E-state index contributed by atoms with van der Waals surface area (Å²) in [7, 11) is 0. The van der Waals surface area contributed by atoms with Crippen LogP contribution in [-0.2, 0) is 13.0 Å². The zero-order chi connectivity index (χ0) is 13.9. The van der Waals surface area contributed by atoms with E-state index in [-0.39, 0.29) is 0 Å². The van der Waals surface area contributed by atoms with E-state index < -0.39 is 5.97 Å². The van der Waals surface area contributed by atoms with Gasteiger partial charge in [0, 0.05) is 6.54 Å². The molecule has 0 saturated heterocycles. The molecule has 0 radical (unpaired) electrons. The van der Waals surface area contributed by atoms with Gasteiger partial charge in [-0.2, -0.15) is 0 Å². The Labute approximate surface area is 116 Å². The van der Waals surface area contributed by atoms with E-state index in [0.29, 0.717) is 5.56 Å². The molecule has 0 aliphatic carbocycles. The van der Waals surface area contributed by atoms with Gasteiger partial charge in [-0.1, -0.05) is 30.3 Å². The van der Waals surface area contributed by atoms with Gasteiger partial charge in [-0.25, -0.2) is 9.78 Å². The monoisotopic (exact) mass is 266 g/mol. The summed E-state index contributed by atoms with van der Waals surface area (Å²) >= 11 is 0. The van der Waals surface area contributed by atoms with Crippen molar-refractivity contribution in [3.63, 3.8) is 0 Å². The third kappa shape index (κ3) is 2.40. The summed E-state index contributed by atoms with van der Waals surface area (Å²) in [5, 5.41) is 9.05. The number of aromatic carboxylic acids is 1. The average molecular weight is 266 g/mol. The van der Waals surface area contributed by atoms with E-state index in [2.05, 4.69) is 17.1 Å². The van der Waals surface area contributed by atoms with Crippen LogP contribution in [0.2, 0.25) is 0 Å². The third-order valence-corrected chi connectivity index (χ3v) is 3.35. The third-order valence-electron chi connectivity index (χ3n) is 3.35. The second kappa shape index (κ2) is 5.17. The fourth-order valence-electron chi connectivity index (χ4n) is 2.26. The Morgan fingerprint density at radius 3 is 2.70 bits per heavy atom. The van der Waals surface area contributed by atoms with Gasteiger partial charge in [0.1, 0.15) is 0 Å². The molecule has 4 nitrogen and oxygen atoms in total. The van der Waals surface area contributed by atoms with Crippen LogP contribution < -0.4 is 0 Å². The molecule has 0 saturated carbocycles. The second-order valence-electron chi connectivity index (χ2n) is 4.68. The summed E-state index contributed by atoms with van der Waals surface area (Å²) in [6, 6.07) is 15.2. The van der Waals surface area contributed by atoms with E-state index in [0.717, 1.165) is 24.0 Å². The smallest absolute Gasteiger partial charge is 0.335 e. The summed E-state index contributed by atoms with van der Waals surface area (Å²) in [4.78, 5) is 15.3. The maximum atomic E-state index is 11.0. The lowest BCUT2D eigenvalue weighted by Crippen LogP contribution is -2.01. The fourth-order valence-corrected chi connectivity index (χ4v) is 2.26. The van der Waals surface area contributed by atoms with Gasteiger partial charge < -0.3 is 9.67 Å². The molecule has 100 valence electrons. The molecule has 3 aromatic rings. The van der Waals surface area contributed by atoms with Crippen molar-refractivity contribution in [1.29, 1.82) is 0 Å². The van der Waals surface area contributed by atoms with Crippen molar-refractivity contribution >= 4 is 17.0 Å². The lowest BCUT2D eigenvalue weighted by molar-refractivity contribution is 0.0697. The standard InChI is InChI=1S/C16H14N2O2/c19-16(20)13-6-7-14-15(10-13)18(11-17-14)9-8-12-4-2-1-3-5-12/h1-7,10-11H,8-9H2,(H,19,20). The van der Waals surface area contributed by atoms with Crippen LogP contribution in [0.15, 0.2) is 54.9 Å². The van der Waals surface area contributed by atoms with Crippen LogP contribution in [0, 0.1) is 0 Å². The number of rotatable bonds is 4. The highest BCUT2D eigenvalue weighted by atomic mass is 16.4. The van der Waals surface area contributed by atoms with Crippen molar-refractivity contribution in [2.45, 2.75) is 13.0 Å². The molecule has 0 spiro atoms. The number of fused-ring (bicyclic) bond motifs is 1. The van der Waals surface area contributed by atoms with Gasteiger partial charge in [0.25, 0.3) is 0 Å². The fraction of sp³-hybridized carbons (Fsp3) is 0.125. The summed E-state index contributed by atoms with van der Waals surface area (Å²) in [6.45, 7) is 0.781. The molecule has 0 aliphatic heterocycles. The Balaban J connectivity index is 1.88. The summed E-state index contributed by atoms with van der Waals surface area (Å²) in [5.41, 5.74) is 3.23. The maximum Gasteiger partial charge on any atom is 0.335 e. The number of hydrogen-bond donors (Lipinski definition) is 1.